The highest BCUT2D eigenvalue weighted by molar-refractivity contribution is 6.04. The van der Waals surface area contributed by atoms with E-state index in [2.05, 4.69) is 20.1 Å². The molecule has 156 valence electrons. The number of nitrogens with zero attached hydrogens (tertiary/aromatic N) is 3. The summed E-state index contributed by atoms with van der Waals surface area (Å²) in [5.41, 5.74) is 2.14. The third-order valence-electron chi connectivity index (χ3n) is 5.21. The Kier molecular flexibility index (Phi) is 5.97. The fourth-order valence-electron chi connectivity index (χ4n) is 3.72. The lowest BCUT2D eigenvalue weighted by Crippen LogP contribution is -2.12. The number of methoxy groups -OCH3 is 1. The number of hydrogen-bond acceptors (Lipinski definition) is 5. The topological polar surface area (TPSA) is 78.3 Å². The highest BCUT2D eigenvalue weighted by atomic mass is 16.5. The quantitative estimate of drug-likeness (QED) is 0.659. The number of ether oxygens (including phenoxy) is 2. The van der Waals surface area contributed by atoms with E-state index < -0.39 is 0 Å². The first-order valence-electron chi connectivity index (χ1n) is 10.3. The van der Waals surface area contributed by atoms with Gasteiger partial charge in [0.05, 0.1) is 13.7 Å². The number of carbonyl (C=O) groups is 1. The van der Waals surface area contributed by atoms with E-state index in [1.54, 1.807) is 25.3 Å². The van der Waals surface area contributed by atoms with Crippen molar-refractivity contribution in [1.29, 1.82) is 0 Å². The van der Waals surface area contributed by atoms with Gasteiger partial charge in [-0.15, -0.1) is 10.2 Å². The molecule has 0 saturated heterocycles. The molecule has 3 aromatic rings. The van der Waals surface area contributed by atoms with Crippen molar-refractivity contribution < 1.29 is 14.3 Å². The normalized spacial score (nSPS) is 13.3. The number of benzene rings is 2. The van der Waals surface area contributed by atoms with Crippen molar-refractivity contribution >= 4 is 11.6 Å². The van der Waals surface area contributed by atoms with Crippen molar-refractivity contribution in [2.45, 2.75) is 39.2 Å². The minimum absolute atomic E-state index is 0.214. The Hall–Kier alpha value is -3.35. The predicted molar refractivity (Wildman–Crippen MR) is 115 cm³/mol. The molecule has 7 heteroatoms. The molecular weight excluding hydrogens is 380 g/mol. The highest BCUT2D eigenvalue weighted by Gasteiger charge is 2.17. The largest absolute Gasteiger partial charge is 0.493 e. The van der Waals surface area contributed by atoms with Crippen molar-refractivity contribution in [3.63, 3.8) is 0 Å². The zero-order valence-electron chi connectivity index (χ0n) is 17.4. The zero-order chi connectivity index (χ0) is 20.9. The summed E-state index contributed by atoms with van der Waals surface area (Å²) in [7, 11) is 1.56. The van der Waals surface area contributed by atoms with Gasteiger partial charge in [0.25, 0.3) is 5.91 Å². The van der Waals surface area contributed by atoms with Crippen molar-refractivity contribution in [3.8, 4) is 22.9 Å². The Morgan fingerprint density at radius 2 is 2.00 bits per heavy atom. The maximum atomic E-state index is 12.8. The molecule has 0 saturated carbocycles. The third-order valence-corrected chi connectivity index (χ3v) is 5.21. The van der Waals surface area contributed by atoms with Crippen LogP contribution >= 0.6 is 0 Å². The second-order valence-corrected chi connectivity index (χ2v) is 7.24. The molecule has 0 unspecified atom stereocenters. The van der Waals surface area contributed by atoms with Gasteiger partial charge in [0.1, 0.15) is 5.82 Å². The molecule has 2 heterocycles. The maximum Gasteiger partial charge on any atom is 0.255 e. The lowest BCUT2D eigenvalue weighted by atomic mass is 10.1. The van der Waals surface area contributed by atoms with Crippen molar-refractivity contribution in [2.75, 3.05) is 19.0 Å². The lowest BCUT2D eigenvalue weighted by molar-refractivity contribution is 0.102. The smallest absolute Gasteiger partial charge is 0.255 e. The molecule has 2 aromatic carbocycles. The molecule has 0 atom stereocenters. The number of carbonyl (C=O) groups excluding carboxylic acids is 1. The van der Waals surface area contributed by atoms with Crippen LogP contribution in [0.2, 0.25) is 0 Å². The summed E-state index contributed by atoms with van der Waals surface area (Å²) in [6, 6.07) is 12.9. The molecule has 1 N–H and O–H groups in total. The van der Waals surface area contributed by atoms with Gasteiger partial charge >= 0.3 is 0 Å². The first kappa shape index (κ1) is 19.9. The van der Waals surface area contributed by atoms with Crippen LogP contribution in [-0.4, -0.2) is 34.4 Å². The fourth-order valence-corrected chi connectivity index (χ4v) is 3.72. The average Bonchev–Trinajstić information content (AvgIpc) is 3.02. The van der Waals surface area contributed by atoms with Gasteiger partial charge in [0.15, 0.2) is 17.3 Å². The molecule has 0 bridgehead atoms. The van der Waals surface area contributed by atoms with Gasteiger partial charge in [0.2, 0.25) is 0 Å². The minimum atomic E-state index is -0.214. The van der Waals surface area contributed by atoms with Gasteiger partial charge in [0, 0.05) is 29.8 Å². The predicted octanol–water partition coefficient (Wildman–Crippen LogP) is 4.33. The molecule has 30 heavy (non-hydrogen) atoms. The highest BCUT2D eigenvalue weighted by Crippen LogP contribution is 2.29. The van der Waals surface area contributed by atoms with Crippen LogP contribution in [-0.2, 0) is 13.0 Å². The summed E-state index contributed by atoms with van der Waals surface area (Å²) in [5, 5.41) is 11.7. The minimum Gasteiger partial charge on any atom is -0.493 e. The average molecular weight is 406 g/mol. The molecule has 0 spiro atoms. The van der Waals surface area contributed by atoms with E-state index in [4.69, 9.17) is 9.47 Å². The number of aromatic nitrogens is 3. The van der Waals surface area contributed by atoms with Gasteiger partial charge in [-0.2, -0.15) is 0 Å². The summed E-state index contributed by atoms with van der Waals surface area (Å²) in [5.74, 6) is 2.83. The van der Waals surface area contributed by atoms with E-state index >= 15 is 0 Å². The molecule has 4 rings (SSSR count). The van der Waals surface area contributed by atoms with Crippen LogP contribution in [0.25, 0.3) is 11.4 Å². The standard InChI is InChI=1S/C23H26N4O3/c1-3-30-19-12-11-17(15-20(19)29-2)23(28)24-18-9-7-8-16(14-18)22-26-25-21-10-5-4-6-13-27(21)22/h7-9,11-12,14-15H,3-6,10,13H2,1-2H3,(H,24,28). The van der Waals surface area contributed by atoms with E-state index in [1.165, 1.54) is 6.42 Å². The lowest BCUT2D eigenvalue weighted by Gasteiger charge is -2.12. The maximum absolute atomic E-state index is 12.8. The summed E-state index contributed by atoms with van der Waals surface area (Å²) >= 11 is 0. The van der Waals surface area contributed by atoms with Crippen LogP contribution in [0.5, 0.6) is 11.5 Å². The number of rotatable bonds is 6. The number of aryl methyl sites for hydroxylation is 1. The second-order valence-electron chi connectivity index (χ2n) is 7.24. The summed E-state index contributed by atoms with van der Waals surface area (Å²) < 4.78 is 13.1. The van der Waals surface area contributed by atoms with E-state index in [0.717, 1.165) is 43.0 Å². The van der Waals surface area contributed by atoms with Gasteiger partial charge < -0.3 is 19.4 Å². The number of fused-ring (bicyclic) bond motifs is 1. The van der Waals surface area contributed by atoms with E-state index in [9.17, 15) is 4.79 Å². The number of anilines is 1. The Balaban J connectivity index is 1.55. The molecule has 0 radical (unpaired) electrons. The first-order chi connectivity index (χ1) is 14.7. The number of nitrogens with one attached hydrogen (secondary N) is 1. The molecule has 1 aliphatic rings. The van der Waals surface area contributed by atoms with Gasteiger partial charge in [-0.1, -0.05) is 18.6 Å². The Bertz CT molecular complexity index is 1040. The second kappa shape index (κ2) is 8.98. The SMILES string of the molecule is CCOc1ccc(C(=O)Nc2cccc(-c3nnc4n3CCCCC4)c2)cc1OC. The van der Waals surface area contributed by atoms with Crippen LogP contribution in [0.3, 0.4) is 0 Å². The third kappa shape index (κ3) is 4.15. The zero-order valence-corrected chi connectivity index (χ0v) is 17.4. The molecular formula is C23H26N4O3. The monoisotopic (exact) mass is 406 g/mol. The number of amides is 1. The molecule has 0 aliphatic carbocycles. The summed E-state index contributed by atoms with van der Waals surface area (Å²) in [6.45, 7) is 3.36. The van der Waals surface area contributed by atoms with Crippen LogP contribution in [0.4, 0.5) is 5.69 Å². The molecule has 0 fully saturated rings. The molecule has 7 nitrogen and oxygen atoms in total. The van der Waals surface area contributed by atoms with Crippen LogP contribution in [0.1, 0.15) is 42.4 Å². The molecule has 1 aliphatic heterocycles. The Morgan fingerprint density at radius 3 is 2.83 bits per heavy atom. The molecule has 1 aromatic heterocycles. The van der Waals surface area contributed by atoms with E-state index in [1.807, 2.05) is 31.2 Å². The number of hydrogen-bond donors (Lipinski definition) is 1. The first-order valence-corrected chi connectivity index (χ1v) is 10.3. The fraction of sp³-hybridized carbons (Fsp3) is 0.348. The Labute approximate surface area is 176 Å². The van der Waals surface area contributed by atoms with Crippen LogP contribution < -0.4 is 14.8 Å². The van der Waals surface area contributed by atoms with Crippen molar-refractivity contribution in [2.24, 2.45) is 0 Å². The summed E-state index contributed by atoms with van der Waals surface area (Å²) in [6.07, 6.45) is 4.46. The van der Waals surface area contributed by atoms with E-state index in [-0.39, 0.29) is 5.91 Å². The molecule has 1 amide bonds. The summed E-state index contributed by atoms with van der Waals surface area (Å²) in [4.78, 5) is 12.8. The van der Waals surface area contributed by atoms with Crippen LogP contribution in [0, 0.1) is 0 Å². The van der Waals surface area contributed by atoms with Crippen molar-refractivity contribution in [1.82, 2.24) is 14.8 Å². The van der Waals surface area contributed by atoms with Gasteiger partial charge in [-0.05, 0) is 50.1 Å². The van der Waals surface area contributed by atoms with Gasteiger partial charge in [-0.25, -0.2) is 0 Å². The van der Waals surface area contributed by atoms with E-state index in [0.29, 0.717) is 29.4 Å². The Morgan fingerprint density at radius 1 is 1.10 bits per heavy atom. The van der Waals surface area contributed by atoms with Crippen molar-refractivity contribution in [3.05, 3.63) is 53.9 Å². The van der Waals surface area contributed by atoms with Crippen LogP contribution in [0.15, 0.2) is 42.5 Å². The van der Waals surface area contributed by atoms with Gasteiger partial charge in [-0.3, -0.25) is 4.79 Å².